The topological polar surface area (TPSA) is 66.6 Å². The summed E-state index contributed by atoms with van der Waals surface area (Å²) in [5, 5.41) is 9.33. The van der Waals surface area contributed by atoms with E-state index in [4.69, 9.17) is 4.42 Å². The average Bonchev–Trinajstić information content (AvgIpc) is 3.04. The van der Waals surface area contributed by atoms with Crippen molar-refractivity contribution in [1.29, 1.82) is 0 Å². The number of carbonyl (C=O) groups is 1. The van der Waals surface area contributed by atoms with E-state index in [-0.39, 0.29) is 12.0 Å². The number of aryl methyl sites for hydroxylation is 1. The second-order valence-corrected chi connectivity index (χ2v) is 5.80. The van der Waals surface area contributed by atoms with Gasteiger partial charge in [0, 0.05) is 12.7 Å². The van der Waals surface area contributed by atoms with Gasteiger partial charge in [0.1, 0.15) is 11.8 Å². The Morgan fingerprint density at radius 3 is 3.00 bits per heavy atom. The first-order chi connectivity index (χ1) is 10.7. The summed E-state index contributed by atoms with van der Waals surface area (Å²) in [5.41, 5.74) is 2.02. The fraction of sp³-hybridized carbons (Fsp3) is 0.412. The van der Waals surface area contributed by atoms with Gasteiger partial charge in [-0.15, -0.1) is 0 Å². The van der Waals surface area contributed by atoms with Gasteiger partial charge >= 0.3 is 5.97 Å². The number of piperidine rings is 1. The number of hydrogen-bond acceptors (Lipinski definition) is 4. The number of nitrogens with zero attached hydrogens (tertiary/aromatic N) is 2. The molecule has 1 saturated heterocycles. The zero-order chi connectivity index (χ0) is 15.5. The molecule has 0 aromatic carbocycles. The van der Waals surface area contributed by atoms with Gasteiger partial charge in [-0.05, 0) is 50.1 Å². The highest BCUT2D eigenvalue weighted by Crippen LogP contribution is 2.33. The Hall–Kier alpha value is -2.14. The number of pyridine rings is 1. The largest absolute Gasteiger partial charge is 0.481 e. The van der Waals surface area contributed by atoms with Gasteiger partial charge in [-0.25, -0.2) is 0 Å². The van der Waals surface area contributed by atoms with Crippen LogP contribution in [0.15, 0.2) is 41.1 Å². The van der Waals surface area contributed by atoms with Crippen LogP contribution < -0.4 is 0 Å². The summed E-state index contributed by atoms with van der Waals surface area (Å²) < 4.78 is 5.62. The zero-order valence-corrected chi connectivity index (χ0v) is 12.6. The molecule has 2 atom stereocenters. The third-order valence-corrected chi connectivity index (χ3v) is 4.29. The Morgan fingerprint density at radius 1 is 1.45 bits per heavy atom. The van der Waals surface area contributed by atoms with Crippen LogP contribution in [0.25, 0.3) is 0 Å². The number of likely N-dealkylation sites (tertiary alicyclic amines) is 1. The molecule has 1 aliphatic rings. The molecule has 3 rings (SSSR count). The molecule has 22 heavy (non-hydrogen) atoms. The maximum Gasteiger partial charge on any atom is 0.307 e. The molecule has 0 saturated carbocycles. The van der Waals surface area contributed by atoms with Gasteiger partial charge in [0.25, 0.3) is 0 Å². The lowest BCUT2D eigenvalue weighted by atomic mass is 9.94. The van der Waals surface area contributed by atoms with E-state index in [1.54, 1.807) is 12.5 Å². The number of carboxylic acids is 1. The van der Waals surface area contributed by atoms with Gasteiger partial charge in [0.2, 0.25) is 0 Å². The molecule has 1 fully saturated rings. The van der Waals surface area contributed by atoms with Crippen molar-refractivity contribution in [2.45, 2.75) is 25.8 Å². The van der Waals surface area contributed by atoms with Crippen LogP contribution >= 0.6 is 0 Å². The molecule has 2 aromatic rings. The second kappa shape index (κ2) is 6.32. The molecule has 0 radical (unpaired) electrons. The van der Waals surface area contributed by atoms with Crippen molar-refractivity contribution in [3.05, 3.63) is 53.7 Å². The van der Waals surface area contributed by atoms with Crippen molar-refractivity contribution in [2.24, 2.45) is 5.92 Å². The first kappa shape index (κ1) is 14.8. The lowest BCUT2D eigenvalue weighted by Crippen LogP contribution is -2.41. The Bertz CT molecular complexity index is 639. The Morgan fingerprint density at radius 2 is 2.32 bits per heavy atom. The normalized spacial score (nSPS) is 20.7. The maximum atomic E-state index is 11.3. The van der Waals surface area contributed by atoms with Crippen molar-refractivity contribution < 1.29 is 14.3 Å². The van der Waals surface area contributed by atoms with Gasteiger partial charge in [-0.3, -0.25) is 14.7 Å². The lowest BCUT2D eigenvalue weighted by molar-refractivity contribution is -0.143. The summed E-state index contributed by atoms with van der Waals surface area (Å²) in [6.07, 6.45) is 5.04. The molecule has 3 heterocycles. The fourth-order valence-corrected chi connectivity index (χ4v) is 3.16. The number of hydrogen-bond donors (Lipinski definition) is 1. The van der Waals surface area contributed by atoms with Crippen LogP contribution in [0.4, 0.5) is 0 Å². The van der Waals surface area contributed by atoms with Gasteiger partial charge in [0.15, 0.2) is 0 Å². The quantitative estimate of drug-likeness (QED) is 0.940. The van der Waals surface area contributed by atoms with Crippen LogP contribution in [0, 0.1) is 12.8 Å². The molecule has 2 aromatic heterocycles. The smallest absolute Gasteiger partial charge is 0.307 e. The van der Waals surface area contributed by atoms with Gasteiger partial charge in [0.05, 0.1) is 17.9 Å². The van der Waals surface area contributed by atoms with E-state index >= 15 is 0 Å². The van der Waals surface area contributed by atoms with Crippen LogP contribution in [0.3, 0.4) is 0 Å². The highest BCUT2D eigenvalue weighted by Gasteiger charge is 2.33. The molecule has 0 amide bonds. The minimum Gasteiger partial charge on any atom is -0.481 e. The van der Waals surface area contributed by atoms with E-state index in [0.29, 0.717) is 6.54 Å². The third kappa shape index (κ3) is 2.90. The van der Waals surface area contributed by atoms with E-state index in [1.807, 2.05) is 31.2 Å². The highest BCUT2D eigenvalue weighted by molar-refractivity contribution is 5.70. The number of rotatable bonds is 4. The molecular weight excluding hydrogens is 280 g/mol. The summed E-state index contributed by atoms with van der Waals surface area (Å²) in [6.45, 7) is 3.40. The van der Waals surface area contributed by atoms with Crippen molar-refractivity contribution in [3.8, 4) is 0 Å². The molecule has 5 heteroatoms. The third-order valence-electron chi connectivity index (χ3n) is 4.29. The monoisotopic (exact) mass is 300 g/mol. The highest BCUT2D eigenvalue weighted by atomic mass is 16.4. The molecule has 1 aliphatic heterocycles. The molecule has 1 N–H and O–H groups in total. The van der Waals surface area contributed by atoms with Crippen molar-refractivity contribution in [3.63, 3.8) is 0 Å². The van der Waals surface area contributed by atoms with E-state index in [0.717, 1.165) is 36.4 Å². The minimum absolute atomic E-state index is 0.127. The van der Waals surface area contributed by atoms with Crippen molar-refractivity contribution in [2.75, 3.05) is 13.1 Å². The Labute approximate surface area is 129 Å². The second-order valence-electron chi connectivity index (χ2n) is 5.80. The predicted octanol–water partition coefficient (Wildman–Crippen LogP) is 2.87. The summed E-state index contributed by atoms with van der Waals surface area (Å²) in [5.74, 6) is -0.233. The van der Waals surface area contributed by atoms with Gasteiger partial charge in [-0.2, -0.15) is 0 Å². The SMILES string of the molecule is Cc1cccnc1C(c1ccco1)N1CCCC(C(=O)O)C1. The molecule has 0 spiro atoms. The molecule has 0 bridgehead atoms. The van der Waals surface area contributed by atoms with Crippen LogP contribution in [-0.4, -0.2) is 34.0 Å². The van der Waals surface area contributed by atoms with Crippen LogP contribution in [0.5, 0.6) is 0 Å². The lowest BCUT2D eigenvalue weighted by Gasteiger charge is -2.36. The number of aromatic nitrogens is 1. The molecule has 0 aliphatic carbocycles. The molecular formula is C17H20N2O3. The maximum absolute atomic E-state index is 11.3. The number of carboxylic acid groups (broad SMARTS) is 1. The summed E-state index contributed by atoms with van der Waals surface area (Å²) >= 11 is 0. The summed E-state index contributed by atoms with van der Waals surface area (Å²) in [4.78, 5) is 18.1. The number of furan rings is 1. The van der Waals surface area contributed by atoms with Crippen LogP contribution in [0.1, 0.15) is 35.9 Å². The number of aliphatic carboxylic acids is 1. The average molecular weight is 300 g/mol. The molecule has 2 unspecified atom stereocenters. The first-order valence-electron chi connectivity index (χ1n) is 7.58. The summed E-state index contributed by atoms with van der Waals surface area (Å²) in [6, 6.07) is 7.60. The fourth-order valence-electron chi connectivity index (χ4n) is 3.16. The van der Waals surface area contributed by atoms with E-state index in [9.17, 15) is 9.90 Å². The van der Waals surface area contributed by atoms with Crippen molar-refractivity contribution in [1.82, 2.24) is 9.88 Å². The first-order valence-corrected chi connectivity index (χ1v) is 7.58. The van der Waals surface area contributed by atoms with E-state index < -0.39 is 5.97 Å². The zero-order valence-electron chi connectivity index (χ0n) is 12.6. The molecule has 5 nitrogen and oxygen atoms in total. The summed E-state index contributed by atoms with van der Waals surface area (Å²) in [7, 11) is 0. The van der Waals surface area contributed by atoms with Crippen LogP contribution in [0.2, 0.25) is 0 Å². The Balaban J connectivity index is 1.96. The van der Waals surface area contributed by atoms with Crippen LogP contribution in [-0.2, 0) is 4.79 Å². The van der Waals surface area contributed by atoms with E-state index in [1.165, 1.54) is 0 Å². The van der Waals surface area contributed by atoms with Gasteiger partial charge < -0.3 is 9.52 Å². The Kier molecular flexibility index (Phi) is 4.24. The van der Waals surface area contributed by atoms with Gasteiger partial charge in [-0.1, -0.05) is 6.07 Å². The standard InChI is InChI=1S/C17H20N2O3/c1-12-5-2-8-18-15(12)16(14-7-4-10-22-14)19-9-3-6-13(11-19)17(20)21/h2,4-5,7-8,10,13,16H,3,6,9,11H2,1H3,(H,20,21). The van der Waals surface area contributed by atoms with Crippen molar-refractivity contribution >= 4 is 5.97 Å². The minimum atomic E-state index is -0.722. The predicted molar refractivity (Wildman–Crippen MR) is 81.5 cm³/mol. The van der Waals surface area contributed by atoms with E-state index in [2.05, 4.69) is 9.88 Å². The molecule has 116 valence electrons.